The molecule has 0 spiro atoms. The summed E-state index contributed by atoms with van der Waals surface area (Å²) in [4.78, 5) is 25.4. The van der Waals surface area contributed by atoms with Gasteiger partial charge in [-0.15, -0.1) is 0 Å². The van der Waals surface area contributed by atoms with Crippen LogP contribution in [0.4, 0.5) is 4.79 Å². The molecule has 3 rings (SSSR count). The third-order valence-electron chi connectivity index (χ3n) is 5.85. The van der Waals surface area contributed by atoms with E-state index in [-0.39, 0.29) is 24.1 Å². The van der Waals surface area contributed by atoms with Crippen molar-refractivity contribution in [2.75, 3.05) is 47.6 Å². The Morgan fingerprint density at radius 3 is 2.46 bits per heavy atom. The topological polar surface area (TPSA) is 98.4 Å². The predicted molar refractivity (Wildman–Crippen MR) is 143 cm³/mol. The maximum Gasteiger partial charge on any atom is 0.407 e. The van der Waals surface area contributed by atoms with E-state index in [1.807, 2.05) is 44.2 Å². The molecule has 1 fully saturated rings. The van der Waals surface area contributed by atoms with Gasteiger partial charge in [0.15, 0.2) is 11.5 Å². The second-order valence-corrected chi connectivity index (χ2v) is 8.97. The zero-order chi connectivity index (χ0) is 27.0. The van der Waals surface area contributed by atoms with Crippen molar-refractivity contribution < 1.29 is 28.5 Å². The van der Waals surface area contributed by atoms with E-state index >= 15 is 0 Å². The molecule has 0 radical (unpaired) electrons. The molecule has 2 aromatic carbocycles. The molecule has 9 nitrogen and oxygen atoms in total. The lowest BCUT2D eigenvalue weighted by atomic mass is 10.1. The van der Waals surface area contributed by atoms with Gasteiger partial charge < -0.3 is 34.5 Å². The molecule has 2 aromatic rings. The molecule has 1 atom stereocenters. The van der Waals surface area contributed by atoms with Crippen LogP contribution < -0.4 is 20.1 Å². The largest absolute Gasteiger partial charge is 0.493 e. The Labute approximate surface area is 220 Å². The van der Waals surface area contributed by atoms with Crippen molar-refractivity contribution in [1.82, 2.24) is 15.5 Å². The minimum absolute atomic E-state index is 0.0330. The molecular weight excluding hydrogens is 474 g/mol. The van der Waals surface area contributed by atoms with E-state index in [9.17, 15) is 9.59 Å². The lowest BCUT2D eigenvalue weighted by Gasteiger charge is -2.22. The molecule has 1 saturated heterocycles. The van der Waals surface area contributed by atoms with Gasteiger partial charge >= 0.3 is 6.09 Å². The summed E-state index contributed by atoms with van der Waals surface area (Å²) in [6.45, 7) is 7.23. The van der Waals surface area contributed by atoms with Crippen molar-refractivity contribution in [3.8, 4) is 11.5 Å². The number of hydrogen-bond donors (Lipinski definition) is 2. The highest BCUT2D eigenvalue weighted by Crippen LogP contribution is 2.28. The molecule has 0 bridgehead atoms. The average molecular weight is 516 g/mol. The Balaban J connectivity index is 0.000000269. The van der Waals surface area contributed by atoms with E-state index in [0.717, 1.165) is 31.5 Å². The van der Waals surface area contributed by atoms with Crippen LogP contribution in [0.1, 0.15) is 42.6 Å². The number of methoxy groups -OCH3 is 2. The molecule has 1 aliphatic rings. The van der Waals surface area contributed by atoms with Crippen molar-refractivity contribution >= 4 is 12.0 Å². The lowest BCUT2D eigenvalue weighted by molar-refractivity contribution is 0.0754. The molecular formula is C28H41N3O6. The summed E-state index contributed by atoms with van der Waals surface area (Å²) in [5.74, 6) is 1.17. The average Bonchev–Trinajstić information content (AvgIpc) is 3.43. The van der Waals surface area contributed by atoms with E-state index in [2.05, 4.69) is 10.6 Å². The number of nitrogens with zero attached hydrogens (tertiary/aromatic N) is 1. The smallest absolute Gasteiger partial charge is 0.407 e. The summed E-state index contributed by atoms with van der Waals surface area (Å²) in [6.07, 6.45) is 1.42. The number of nitrogens with one attached hydrogen (secondary N) is 2. The molecule has 9 heteroatoms. The first-order valence-electron chi connectivity index (χ1n) is 12.6. The SMILES string of the molecule is COCCCOc1cc(C(=O)N(C)C(C)C)ccc1OC.O=C(NC1CCNC1)OCc1ccccc1. The van der Waals surface area contributed by atoms with Gasteiger partial charge in [0.25, 0.3) is 5.91 Å². The van der Waals surface area contributed by atoms with Crippen molar-refractivity contribution in [2.24, 2.45) is 0 Å². The second-order valence-electron chi connectivity index (χ2n) is 8.97. The zero-order valence-electron chi connectivity index (χ0n) is 22.6. The van der Waals surface area contributed by atoms with Gasteiger partial charge in [0, 0.05) is 51.4 Å². The number of carbonyl (C=O) groups is 2. The Morgan fingerprint density at radius 1 is 1.08 bits per heavy atom. The van der Waals surface area contributed by atoms with E-state index < -0.39 is 0 Å². The van der Waals surface area contributed by atoms with Crippen molar-refractivity contribution in [3.63, 3.8) is 0 Å². The molecule has 1 heterocycles. The molecule has 2 amide bonds. The van der Waals surface area contributed by atoms with Gasteiger partial charge in [-0.25, -0.2) is 4.79 Å². The Kier molecular flexibility index (Phi) is 13.3. The number of hydrogen-bond acceptors (Lipinski definition) is 7. The third kappa shape index (κ3) is 10.7. The van der Waals surface area contributed by atoms with Crippen LogP contribution in [-0.2, 0) is 16.1 Å². The highest BCUT2D eigenvalue weighted by molar-refractivity contribution is 5.95. The summed E-state index contributed by atoms with van der Waals surface area (Å²) in [5.41, 5.74) is 1.59. The van der Waals surface area contributed by atoms with Crippen LogP contribution in [0.2, 0.25) is 0 Å². The quantitative estimate of drug-likeness (QED) is 0.439. The van der Waals surface area contributed by atoms with Crippen molar-refractivity contribution in [2.45, 2.75) is 45.4 Å². The molecule has 2 N–H and O–H groups in total. The highest BCUT2D eigenvalue weighted by atomic mass is 16.5. The zero-order valence-corrected chi connectivity index (χ0v) is 22.6. The van der Waals surface area contributed by atoms with Gasteiger partial charge in [0.2, 0.25) is 0 Å². The standard InChI is InChI=1S/C16H25NO4.C12H16N2O2/c1-12(2)17(3)16(18)13-7-8-14(20-5)15(11-13)21-10-6-9-19-4;15-12(14-11-6-7-13-8-11)16-9-10-4-2-1-3-5-10/h7-8,11-12H,6,9-10H2,1-5H3;1-5,11,13H,6-9H2,(H,14,15). The van der Waals surface area contributed by atoms with Gasteiger partial charge in [-0.3, -0.25) is 4.79 Å². The third-order valence-corrected chi connectivity index (χ3v) is 5.85. The summed E-state index contributed by atoms with van der Waals surface area (Å²) >= 11 is 0. The van der Waals surface area contributed by atoms with Crippen molar-refractivity contribution in [1.29, 1.82) is 0 Å². The number of carbonyl (C=O) groups excluding carboxylic acids is 2. The molecule has 0 aromatic heterocycles. The Morgan fingerprint density at radius 2 is 1.84 bits per heavy atom. The Bertz CT molecular complexity index is 948. The fraction of sp³-hybridized carbons (Fsp3) is 0.500. The van der Waals surface area contributed by atoms with Crippen LogP contribution in [0, 0.1) is 0 Å². The number of rotatable bonds is 11. The highest BCUT2D eigenvalue weighted by Gasteiger charge is 2.18. The first kappa shape index (κ1) is 29.9. The maximum absolute atomic E-state index is 12.3. The Hall–Kier alpha value is -3.30. The van der Waals surface area contributed by atoms with Gasteiger partial charge in [-0.1, -0.05) is 30.3 Å². The van der Waals surface area contributed by atoms with Gasteiger partial charge in [-0.05, 0) is 50.6 Å². The van der Waals surface area contributed by atoms with Gasteiger partial charge in [0.1, 0.15) is 6.61 Å². The number of alkyl carbamates (subject to hydrolysis) is 1. The molecule has 1 aliphatic heterocycles. The van der Waals surface area contributed by atoms with E-state index in [1.165, 1.54) is 0 Å². The van der Waals surface area contributed by atoms with Gasteiger partial charge in [-0.2, -0.15) is 0 Å². The monoisotopic (exact) mass is 515 g/mol. The maximum atomic E-state index is 12.3. The summed E-state index contributed by atoms with van der Waals surface area (Å²) in [5, 5.41) is 6.01. The number of benzene rings is 2. The van der Waals surface area contributed by atoms with E-state index in [1.54, 1.807) is 44.4 Å². The minimum Gasteiger partial charge on any atom is -0.493 e. The van der Waals surface area contributed by atoms with Crippen LogP contribution in [0.25, 0.3) is 0 Å². The summed E-state index contributed by atoms with van der Waals surface area (Å²) in [7, 11) is 5.02. The van der Waals surface area contributed by atoms with E-state index in [0.29, 0.717) is 36.9 Å². The van der Waals surface area contributed by atoms with Crippen LogP contribution in [0.15, 0.2) is 48.5 Å². The number of amides is 2. The molecule has 204 valence electrons. The van der Waals surface area contributed by atoms with Crippen LogP contribution >= 0.6 is 0 Å². The summed E-state index contributed by atoms with van der Waals surface area (Å²) < 4.78 is 21.0. The predicted octanol–water partition coefficient (Wildman–Crippen LogP) is 3.87. The fourth-order valence-corrected chi connectivity index (χ4v) is 3.46. The molecule has 1 unspecified atom stereocenters. The molecule has 0 saturated carbocycles. The van der Waals surface area contributed by atoms with Crippen LogP contribution in [-0.4, -0.2) is 76.6 Å². The second kappa shape index (κ2) is 16.4. The van der Waals surface area contributed by atoms with Crippen LogP contribution in [0.3, 0.4) is 0 Å². The number of ether oxygens (including phenoxy) is 4. The van der Waals surface area contributed by atoms with Gasteiger partial charge in [0.05, 0.1) is 13.7 Å². The molecule has 0 aliphatic carbocycles. The summed E-state index contributed by atoms with van der Waals surface area (Å²) in [6, 6.07) is 15.3. The van der Waals surface area contributed by atoms with E-state index in [4.69, 9.17) is 18.9 Å². The molecule has 37 heavy (non-hydrogen) atoms. The first-order valence-corrected chi connectivity index (χ1v) is 12.6. The van der Waals surface area contributed by atoms with Crippen molar-refractivity contribution in [3.05, 3.63) is 59.7 Å². The normalized spacial score (nSPS) is 14.4. The minimum atomic E-state index is -0.336. The fourth-order valence-electron chi connectivity index (χ4n) is 3.46. The first-order chi connectivity index (χ1) is 17.8. The van der Waals surface area contributed by atoms with Crippen LogP contribution in [0.5, 0.6) is 11.5 Å². The lowest BCUT2D eigenvalue weighted by Crippen LogP contribution is -2.36.